The van der Waals surface area contributed by atoms with Crippen LogP contribution in [0, 0.1) is 0 Å². The first-order chi connectivity index (χ1) is 7.60. The zero-order chi connectivity index (χ0) is 12.1. The summed E-state index contributed by atoms with van der Waals surface area (Å²) in [5, 5.41) is 17.8. The Morgan fingerprint density at radius 2 is 1.94 bits per heavy atom. The summed E-state index contributed by atoms with van der Waals surface area (Å²) in [4.78, 5) is 22.3. The van der Waals surface area contributed by atoms with E-state index in [9.17, 15) is 14.7 Å². The molecule has 0 atom stereocenters. The van der Waals surface area contributed by atoms with Gasteiger partial charge in [-0.3, -0.25) is 20.2 Å². The Morgan fingerprint density at radius 3 is 2.44 bits per heavy atom. The van der Waals surface area contributed by atoms with Gasteiger partial charge in [-0.25, -0.2) is 10.9 Å². The van der Waals surface area contributed by atoms with Crippen LogP contribution in [-0.2, 0) is 0 Å². The highest BCUT2D eigenvalue weighted by molar-refractivity contribution is 5.99. The lowest BCUT2D eigenvalue weighted by Crippen LogP contribution is -2.34. The van der Waals surface area contributed by atoms with Gasteiger partial charge in [0.2, 0.25) is 0 Å². The third-order valence-corrected chi connectivity index (χ3v) is 1.84. The highest BCUT2D eigenvalue weighted by atomic mass is 16.5. The molecule has 0 heterocycles. The topological polar surface area (TPSA) is 111 Å². The fourth-order valence-electron chi connectivity index (χ4n) is 1.11. The SMILES string of the molecule is CNNC(=O)c1ccc(C(=O)NO)c(O)c1. The summed E-state index contributed by atoms with van der Waals surface area (Å²) < 4.78 is 0. The van der Waals surface area contributed by atoms with Crippen molar-refractivity contribution in [3.05, 3.63) is 29.3 Å². The van der Waals surface area contributed by atoms with E-state index >= 15 is 0 Å². The normalized spacial score (nSPS) is 9.62. The number of benzene rings is 1. The largest absolute Gasteiger partial charge is 0.507 e. The van der Waals surface area contributed by atoms with E-state index in [0.29, 0.717) is 0 Å². The van der Waals surface area contributed by atoms with Crippen molar-refractivity contribution in [3.63, 3.8) is 0 Å². The molecule has 0 aliphatic heterocycles. The lowest BCUT2D eigenvalue weighted by molar-refractivity contribution is 0.0703. The molecule has 0 fully saturated rings. The Morgan fingerprint density at radius 1 is 1.25 bits per heavy atom. The van der Waals surface area contributed by atoms with Crippen LogP contribution < -0.4 is 16.3 Å². The second-order valence-corrected chi connectivity index (χ2v) is 2.88. The van der Waals surface area contributed by atoms with Crippen LogP contribution in [0.25, 0.3) is 0 Å². The molecule has 0 saturated carbocycles. The lowest BCUT2D eigenvalue weighted by Gasteiger charge is -2.06. The summed E-state index contributed by atoms with van der Waals surface area (Å²) in [6.07, 6.45) is 0. The molecule has 0 unspecified atom stereocenters. The molecular weight excluding hydrogens is 214 g/mol. The average Bonchev–Trinajstić information content (AvgIpc) is 2.28. The molecule has 0 radical (unpaired) electrons. The Labute approximate surface area is 91.0 Å². The van der Waals surface area contributed by atoms with Crippen molar-refractivity contribution in [2.75, 3.05) is 7.05 Å². The summed E-state index contributed by atoms with van der Waals surface area (Å²) in [7, 11) is 1.52. The van der Waals surface area contributed by atoms with E-state index in [4.69, 9.17) is 5.21 Å². The van der Waals surface area contributed by atoms with Crippen LogP contribution in [0.3, 0.4) is 0 Å². The van der Waals surface area contributed by atoms with Gasteiger partial charge in [0.1, 0.15) is 5.75 Å². The van der Waals surface area contributed by atoms with Crippen LogP contribution in [0.2, 0.25) is 0 Å². The molecule has 86 valence electrons. The molecule has 2 amide bonds. The van der Waals surface area contributed by atoms with Crippen molar-refractivity contribution in [2.24, 2.45) is 0 Å². The van der Waals surface area contributed by atoms with Crippen LogP contribution in [0.15, 0.2) is 18.2 Å². The van der Waals surface area contributed by atoms with Crippen molar-refractivity contribution in [1.29, 1.82) is 0 Å². The molecule has 0 aliphatic rings. The highest BCUT2D eigenvalue weighted by Crippen LogP contribution is 2.18. The van der Waals surface area contributed by atoms with Crippen molar-refractivity contribution in [3.8, 4) is 5.75 Å². The quantitative estimate of drug-likeness (QED) is 0.347. The van der Waals surface area contributed by atoms with Crippen LogP contribution in [0.5, 0.6) is 5.75 Å². The van der Waals surface area contributed by atoms with Gasteiger partial charge in [0.25, 0.3) is 11.8 Å². The smallest absolute Gasteiger partial charge is 0.278 e. The Hall–Kier alpha value is -2.12. The first-order valence-electron chi connectivity index (χ1n) is 4.34. The number of aromatic hydroxyl groups is 1. The average molecular weight is 225 g/mol. The highest BCUT2D eigenvalue weighted by Gasteiger charge is 2.13. The zero-order valence-electron chi connectivity index (χ0n) is 8.44. The van der Waals surface area contributed by atoms with E-state index in [1.807, 2.05) is 0 Å². The van der Waals surface area contributed by atoms with Gasteiger partial charge < -0.3 is 5.11 Å². The minimum absolute atomic E-state index is 0.122. The molecule has 1 rings (SSSR count). The minimum Gasteiger partial charge on any atom is -0.507 e. The van der Waals surface area contributed by atoms with Gasteiger partial charge in [-0.05, 0) is 18.2 Å². The number of hydrogen-bond donors (Lipinski definition) is 5. The van der Waals surface area contributed by atoms with Crippen LogP contribution in [-0.4, -0.2) is 29.2 Å². The van der Waals surface area contributed by atoms with Crippen molar-refractivity contribution >= 4 is 11.8 Å². The third-order valence-electron chi connectivity index (χ3n) is 1.84. The Bertz CT molecular complexity index is 419. The summed E-state index contributed by atoms with van der Waals surface area (Å²) >= 11 is 0. The van der Waals surface area contributed by atoms with Gasteiger partial charge in [-0.2, -0.15) is 0 Å². The van der Waals surface area contributed by atoms with Gasteiger partial charge in [0, 0.05) is 12.6 Å². The van der Waals surface area contributed by atoms with Crippen molar-refractivity contribution in [1.82, 2.24) is 16.3 Å². The zero-order valence-corrected chi connectivity index (χ0v) is 8.44. The lowest BCUT2D eigenvalue weighted by atomic mass is 10.1. The number of hydrazine groups is 1. The van der Waals surface area contributed by atoms with E-state index in [1.54, 1.807) is 0 Å². The molecule has 0 bridgehead atoms. The fourth-order valence-corrected chi connectivity index (χ4v) is 1.11. The van der Waals surface area contributed by atoms with E-state index in [1.165, 1.54) is 24.7 Å². The van der Waals surface area contributed by atoms with E-state index in [-0.39, 0.29) is 11.1 Å². The first-order valence-corrected chi connectivity index (χ1v) is 4.34. The number of carbonyl (C=O) groups is 2. The monoisotopic (exact) mass is 225 g/mol. The molecule has 1 aromatic carbocycles. The molecule has 16 heavy (non-hydrogen) atoms. The number of hydrogen-bond acceptors (Lipinski definition) is 5. The summed E-state index contributed by atoms with van der Waals surface area (Å²) in [6, 6.07) is 3.69. The number of hydroxylamine groups is 1. The van der Waals surface area contributed by atoms with Gasteiger partial charge in [-0.15, -0.1) is 0 Å². The van der Waals surface area contributed by atoms with Crippen molar-refractivity contribution < 1.29 is 19.9 Å². The standard InChI is InChI=1S/C9H11N3O4/c1-10-11-8(14)5-2-3-6(7(13)4-5)9(15)12-16/h2-4,10,13,16H,1H3,(H,11,14)(H,12,15). The molecular formula is C9H11N3O4. The predicted molar refractivity (Wildman–Crippen MR) is 53.9 cm³/mol. The Balaban J connectivity index is 2.99. The Kier molecular flexibility index (Phi) is 3.81. The molecule has 7 nitrogen and oxygen atoms in total. The third kappa shape index (κ3) is 2.47. The van der Waals surface area contributed by atoms with Gasteiger partial charge >= 0.3 is 0 Å². The van der Waals surface area contributed by atoms with Crippen LogP contribution in [0.1, 0.15) is 20.7 Å². The minimum atomic E-state index is -0.849. The van der Waals surface area contributed by atoms with Crippen LogP contribution >= 0.6 is 0 Å². The maximum absolute atomic E-state index is 11.3. The number of amides is 2. The van der Waals surface area contributed by atoms with E-state index in [0.717, 1.165) is 6.07 Å². The second-order valence-electron chi connectivity index (χ2n) is 2.88. The molecule has 7 heteroatoms. The maximum atomic E-state index is 11.3. The number of nitrogens with one attached hydrogen (secondary N) is 3. The number of phenols is 1. The molecule has 1 aromatic rings. The van der Waals surface area contributed by atoms with Gasteiger partial charge in [0.05, 0.1) is 5.56 Å². The number of carbonyl (C=O) groups excluding carboxylic acids is 2. The molecule has 5 N–H and O–H groups in total. The maximum Gasteiger partial charge on any atom is 0.278 e. The number of phenolic OH excluding ortho intramolecular Hbond substituents is 1. The number of rotatable bonds is 3. The second kappa shape index (κ2) is 5.10. The van der Waals surface area contributed by atoms with E-state index in [2.05, 4.69) is 10.9 Å². The van der Waals surface area contributed by atoms with Crippen molar-refractivity contribution in [2.45, 2.75) is 0 Å². The van der Waals surface area contributed by atoms with Gasteiger partial charge in [-0.1, -0.05) is 0 Å². The van der Waals surface area contributed by atoms with E-state index < -0.39 is 17.6 Å². The predicted octanol–water partition coefficient (Wildman–Crippen LogP) is -0.625. The molecule has 0 aromatic heterocycles. The molecule has 0 spiro atoms. The summed E-state index contributed by atoms with van der Waals surface area (Å²) in [5.74, 6) is -1.69. The summed E-state index contributed by atoms with van der Waals surface area (Å²) in [5.41, 5.74) is 6.18. The summed E-state index contributed by atoms with van der Waals surface area (Å²) in [6.45, 7) is 0. The molecule has 0 aliphatic carbocycles. The fraction of sp³-hybridized carbons (Fsp3) is 0.111. The van der Waals surface area contributed by atoms with Crippen LogP contribution in [0.4, 0.5) is 0 Å². The first kappa shape index (κ1) is 12.0. The van der Waals surface area contributed by atoms with Gasteiger partial charge in [0.15, 0.2) is 0 Å². The molecule has 0 saturated heterocycles.